The van der Waals surface area contributed by atoms with Gasteiger partial charge in [-0.25, -0.2) is 0 Å². The van der Waals surface area contributed by atoms with Gasteiger partial charge in [-0.05, 0) is 77.0 Å². The number of carbonyl (C=O) groups excluding carboxylic acids is 3. The number of nitrogens with zero attached hydrogens (tertiary/aromatic N) is 1. The lowest BCUT2D eigenvalue weighted by Crippen LogP contribution is -2.42. The molecular weight excluding hydrogens is 699 g/mol. The van der Waals surface area contributed by atoms with Crippen LogP contribution >= 0.6 is 0 Å². The molecule has 0 aliphatic rings. The lowest BCUT2D eigenvalue weighted by molar-refractivity contribution is -0.890. The van der Waals surface area contributed by atoms with Gasteiger partial charge in [-0.3, -0.25) is 14.4 Å². The molecule has 0 rings (SSSR count). The molecule has 1 N–H and O–H groups in total. The number of ketones is 1. The van der Waals surface area contributed by atoms with Crippen molar-refractivity contribution in [2.75, 3.05) is 47.0 Å². The maximum atomic E-state index is 13.3. The normalized spacial score (nSPS) is 12.0. The van der Waals surface area contributed by atoms with E-state index in [0.29, 0.717) is 43.1 Å². The fourth-order valence-corrected chi connectivity index (χ4v) is 7.19. The molecule has 0 bridgehead atoms. The van der Waals surface area contributed by atoms with Gasteiger partial charge >= 0.3 is 11.9 Å². The van der Waals surface area contributed by atoms with Gasteiger partial charge in [0, 0.05) is 31.6 Å². The molecule has 0 amide bonds. The molecule has 0 radical (unpaired) electrons. The predicted octanol–water partition coefficient (Wildman–Crippen LogP) is 13.0. The molecule has 7 nitrogen and oxygen atoms in total. The molecule has 0 spiro atoms. The van der Waals surface area contributed by atoms with Crippen molar-refractivity contribution in [1.82, 2.24) is 0 Å². The molecule has 0 aliphatic carbocycles. The molecule has 0 aromatic carbocycles. The van der Waals surface area contributed by atoms with E-state index in [1.807, 2.05) is 0 Å². The van der Waals surface area contributed by atoms with Crippen molar-refractivity contribution >= 4 is 17.7 Å². The van der Waals surface area contributed by atoms with Crippen LogP contribution in [0.4, 0.5) is 0 Å². The molecule has 0 saturated carbocycles. The van der Waals surface area contributed by atoms with E-state index in [9.17, 15) is 19.5 Å². The highest BCUT2D eigenvalue weighted by atomic mass is 16.5. The molecule has 7 heteroatoms. The summed E-state index contributed by atoms with van der Waals surface area (Å²) in [5.74, 6) is -0.550. The highest BCUT2D eigenvalue weighted by Crippen LogP contribution is 2.17. The second kappa shape index (κ2) is 41.2. The van der Waals surface area contributed by atoms with Crippen molar-refractivity contribution in [2.24, 2.45) is 5.92 Å². The summed E-state index contributed by atoms with van der Waals surface area (Å²) >= 11 is 0. The maximum absolute atomic E-state index is 13.3. The van der Waals surface area contributed by atoms with E-state index in [-0.39, 0.29) is 43.5 Å². The molecule has 0 aromatic heterocycles. The van der Waals surface area contributed by atoms with Crippen molar-refractivity contribution in [3.63, 3.8) is 0 Å². The molecule has 0 aliphatic heterocycles. The Bertz CT molecular complexity index is 902. The van der Waals surface area contributed by atoms with E-state index in [4.69, 9.17) is 9.47 Å². The van der Waals surface area contributed by atoms with Gasteiger partial charge in [-0.1, -0.05) is 141 Å². The number of unbranched alkanes of at least 4 members (excludes halogenated alkanes) is 22. The first-order valence-electron chi connectivity index (χ1n) is 23.8. The second-order valence-corrected chi connectivity index (χ2v) is 17.1. The van der Waals surface area contributed by atoms with E-state index in [1.165, 1.54) is 116 Å². The van der Waals surface area contributed by atoms with Crippen LogP contribution in [-0.4, -0.2) is 74.3 Å². The van der Waals surface area contributed by atoms with Crippen molar-refractivity contribution in [3.05, 3.63) is 24.3 Å². The zero-order valence-corrected chi connectivity index (χ0v) is 37.5. The molecule has 0 unspecified atom stereocenters. The minimum Gasteiger partial charge on any atom is -0.466 e. The molecule has 0 atom stereocenters. The number of likely N-dealkylation sites (N-methyl/N-ethyl adjacent to an activating group) is 1. The van der Waals surface area contributed by atoms with Crippen LogP contribution in [0.2, 0.25) is 0 Å². The molecule has 0 saturated heterocycles. The van der Waals surface area contributed by atoms with Gasteiger partial charge in [0.2, 0.25) is 0 Å². The van der Waals surface area contributed by atoms with Crippen LogP contribution in [0.1, 0.15) is 219 Å². The summed E-state index contributed by atoms with van der Waals surface area (Å²) in [5, 5.41) is 9.34. The van der Waals surface area contributed by atoms with Crippen LogP contribution < -0.4 is 0 Å². The first-order chi connectivity index (χ1) is 27.3. The predicted molar refractivity (Wildman–Crippen MR) is 237 cm³/mol. The van der Waals surface area contributed by atoms with Crippen molar-refractivity contribution in [1.29, 1.82) is 0 Å². The SMILES string of the molecule is CCCCCCCC/C=C\CCCCCCCC(=O)OCCC(CCOC(=O)CCCCCCC/C=C\CCCCCCCC)C(=O)CCC[N+](C)(C)CCO. The van der Waals surface area contributed by atoms with Gasteiger partial charge in [0.05, 0.1) is 40.5 Å². The number of esters is 2. The van der Waals surface area contributed by atoms with Gasteiger partial charge in [-0.2, -0.15) is 0 Å². The zero-order chi connectivity index (χ0) is 41.2. The summed E-state index contributed by atoms with van der Waals surface area (Å²) in [6.45, 7) is 6.53. The summed E-state index contributed by atoms with van der Waals surface area (Å²) < 4.78 is 11.8. The number of Topliss-reactive ketones (excluding diaryl/α,β-unsaturated/α-hetero) is 1. The minimum absolute atomic E-state index is 0.119. The first-order valence-corrected chi connectivity index (χ1v) is 23.8. The Morgan fingerprint density at radius 2 is 0.839 bits per heavy atom. The quantitative estimate of drug-likeness (QED) is 0.0286. The first kappa shape index (κ1) is 54.0. The average molecular weight is 791 g/mol. The van der Waals surface area contributed by atoms with Crippen molar-refractivity contribution < 1.29 is 33.4 Å². The Hall–Kier alpha value is -1.99. The van der Waals surface area contributed by atoms with E-state index in [0.717, 1.165) is 64.3 Å². The average Bonchev–Trinajstić information content (AvgIpc) is 3.17. The Balaban J connectivity index is 4.26. The third kappa shape index (κ3) is 38.9. The van der Waals surface area contributed by atoms with Gasteiger partial charge in [-0.15, -0.1) is 0 Å². The summed E-state index contributed by atoms with van der Waals surface area (Å²) in [7, 11) is 4.12. The fourth-order valence-electron chi connectivity index (χ4n) is 7.19. The highest BCUT2D eigenvalue weighted by molar-refractivity contribution is 5.81. The number of hydrogen-bond donors (Lipinski definition) is 1. The number of quaternary nitrogens is 1. The summed E-state index contributed by atoms with van der Waals surface area (Å²) in [4.78, 5) is 38.1. The number of ether oxygens (including phenoxy) is 2. The van der Waals surface area contributed by atoms with Crippen molar-refractivity contribution in [2.45, 2.75) is 219 Å². The van der Waals surface area contributed by atoms with E-state index in [1.54, 1.807) is 0 Å². The molecule has 328 valence electrons. The summed E-state index contributed by atoms with van der Waals surface area (Å²) in [6, 6.07) is 0. The highest BCUT2D eigenvalue weighted by Gasteiger charge is 2.22. The monoisotopic (exact) mass is 791 g/mol. The third-order valence-electron chi connectivity index (χ3n) is 11.1. The number of aliphatic hydroxyl groups is 1. The van der Waals surface area contributed by atoms with Crippen LogP contribution in [0.5, 0.6) is 0 Å². The molecular formula is C49H92NO6+. The number of hydrogen-bond acceptors (Lipinski definition) is 6. The summed E-state index contributed by atoms with van der Waals surface area (Å²) in [5.41, 5.74) is 0. The Kier molecular flexibility index (Phi) is 39.7. The Labute approximate surface area is 346 Å². The third-order valence-corrected chi connectivity index (χ3v) is 11.1. The minimum atomic E-state index is -0.302. The molecule has 0 fully saturated rings. The van der Waals surface area contributed by atoms with Gasteiger partial charge < -0.3 is 19.1 Å². The van der Waals surface area contributed by atoms with Crippen LogP contribution in [0, 0.1) is 5.92 Å². The Morgan fingerprint density at radius 3 is 1.21 bits per heavy atom. The van der Waals surface area contributed by atoms with Crippen LogP contribution in [0.15, 0.2) is 24.3 Å². The van der Waals surface area contributed by atoms with E-state index in [2.05, 4.69) is 52.2 Å². The topological polar surface area (TPSA) is 89.9 Å². The standard InChI is InChI=1S/C49H92NO6/c1-5-7-9-11-13-15-17-19-21-23-25-27-29-31-33-37-48(53)55-44-39-46(47(52)36-35-41-50(3,4)42-43-51)40-45-56-49(54)38-34-32-30-28-26-24-22-20-18-16-14-12-10-8-6-2/h19-22,46,51H,5-18,23-45H2,1-4H3/q+1/b21-19-,22-20-. The smallest absolute Gasteiger partial charge is 0.305 e. The second-order valence-electron chi connectivity index (χ2n) is 17.1. The fraction of sp³-hybridized carbons (Fsp3) is 0.857. The number of allylic oxidation sites excluding steroid dienone is 4. The van der Waals surface area contributed by atoms with Crippen LogP contribution in [0.3, 0.4) is 0 Å². The van der Waals surface area contributed by atoms with Gasteiger partial charge in [0.15, 0.2) is 0 Å². The maximum Gasteiger partial charge on any atom is 0.305 e. The van der Waals surface area contributed by atoms with E-state index >= 15 is 0 Å². The zero-order valence-electron chi connectivity index (χ0n) is 37.5. The van der Waals surface area contributed by atoms with E-state index < -0.39 is 0 Å². The Morgan fingerprint density at radius 1 is 0.482 bits per heavy atom. The van der Waals surface area contributed by atoms with Gasteiger partial charge in [0.25, 0.3) is 0 Å². The van der Waals surface area contributed by atoms with Crippen LogP contribution in [-0.2, 0) is 23.9 Å². The van der Waals surface area contributed by atoms with Crippen LogP contribution in [0.25, 0.3) is 0 Å². The lowest BCUT2D eigenvalue weighted by Gasteiger charge is -2.29. The number of rotatable bonds is 43. The largest absolute Gasteiger partial charge is 0.466 e. The molecule has 56 heavy (non-hydrogen) atoms. The number of carbonyl (C=O) groups is 3. The summed E-state index contributed by atoms with van der Waals surface area (Å²) in [6.07, 6.45) is 44.0. The molecule has 0 aromatic rings. The van der Waals surface area contributed by atoms with Gasteiger partial charge in [0.1, 0.15) is 12.3 Å². The molecule has 0 heterocycles. The lowest BCUT2D eigenvalue weighted by atomic mass is 9.94. The number of aliphatic hydroxyl groups excluding tert-OH is 1. The van der Waals surface area contributed by atoms with Crippen molar-refractivity contribution in [3.8, 4) is 0 Å².